The molecule has 11 heteroatoms. The van der Waals surface area contributed by atoms with E-state index in [0.29, 0.717) is 24.4 Å². The molecule has 6 nitrogen and oxygen atoms in total. The largest absolute Gasteiger partial charge is 0.497 e. The lowest BCUT2D eigenvalue weighted by Crippen LogP contribution is -2.55. The first-order valence-corrected chi connectivity index (χ1v) is 13.6. The first kappa shape index (κ1) is 26.5. The lowest BCUT2D eigenvalue weighted by Gasteiger charge is -2.42. The summed E-state index contributed by atoms with van der Waals surface area (Å²) in [5.74, 6) is 0.702. The maximum absolute atomic E-state index is 13.3. The Morgan fingerprint density at radius 3 is 2.28 bits per heavy atom. The van der Waals surface area contributed by atoms with Gasteiger partial charge in [-0.3, -0.25) is 0 Å². The van der Waals surface area contributed by atoms with Crippen LogP contribution in [-0.2, 0) is 22.0 Å². The Hall–Kier alpha value is -2.60. The number of methoxy groups -OCH3 is 1. The number of benzene rings is 2. The number of rotatable bonds is 7. The van der Waals surface area contributed by atoms with Crippen molar-refractivity contribution in [2.45, 2.75) is 35.4 Å². The molecule has 0 bridgehead atoms. The van der Waals surface area contributed by atoms with Gasteiger partial charge in [0.15, 0.2) is 5.60 Å². The van der Waals surface area contributed by atoms with Crippen LogP contribution in [0.5, 0.6) is 5.75 Å². The third-order valence-electron chi connectivity index (χ3n) is 6.48. The van der Waals surface area contributed by atoms with Crippen LogP contribution in [0.4, 0.5) is 18.9 Å². The highest BCUT2D eigenvalue weighted by Crippen LogP contribution is 2.39. The molecule has 1 fully saturated rings. The normalized spacial score (nSPS) is 19.2. The Bertz CT molecular complexity index is 1260. The standard InChI is InChI=1S/C25H27F3N2O4S2/c1-24(31,25(26,27)28)19-7-9-20(10-8-19)30-14-13-29(36(32,33)23-4-3-15-35-23)17-21(30)16-18-5-11-22(34-2)12-6-18/h3-12,15,21,31H,13-14,16-17H2,1-2H3/t21-,24?/m0/s1. The molecule has 2 atom stereocenters. The Morgan fingerprint density at radius 1 is 1.06 bits per heavy atom. The van der Waals surface area contributed by atoms with E-state index in [1.165, 1.54) is 16.4 Å². The zero-order valence-corrected chi connectivity index (χ0v) is 21.4. The van der Waals surface area contributed by atoms with Gasteiger partial charge in [0.25, 0.3) is 10.0 Å². The van der Waals surface area contributed by atoms with Crippen molar-refractivity contribution in [2.24, 2.45) is 0 Å². The summed E-state index contributed by atoms with van der Waals surface area (Å²) in [5.41, 5.74) is -1.60. The van der Waals surface area contributed by atoms with Crippen molar-refractivity contribution in [3.63, 3.8) is 0 Å². The first-order chi connectivity index (χ1) is 16.9. The predicted molar refractivity (Wildman–Crippen MR) is 133 cm³/mol. The number of halogens is 3. The van der Waals surface area contributed by atoms with Crippen molar-refractivity contribution in [1.29, 1.82) is 0 Å². The quantitative estimate of drug-likeness (QED) is 0.473. The molecule has 0 saturated carbocycles. The van der Waals surface area contributed by atoms with Crippen LogP contribution in [0.25, 0.3) is 0 Å². The fraction of sp³-hybridized carbons (Fsp3) is 0.360. The predicted octanol–water partition coefficient (Wildman–Crippen LogP) is 4.65. The third-order valence-corrected chi connectivity index (χ3v) is 9.72. The number of anilines is 1. The van der Waals surface area contributed by atoms with E-state index in [1.54, 1.807) is 36.8 Å². The summed E-state index contributed by atoms with van der Waals surface area (Å²) in [6, 6.07) is 16.1. The molecular formula is C25H27F3N2O4S2. The van der Waals surface area contributed by atoms with E-state index >= 15 is 0 Å². The van der Waals surface area contributed by atoms with Crippen molar-refractivity contribution in [3.8, 4) is 5.75 Å². The summed E-state index contributed by atoms with van der Waals surface area (Å²) in [6.45, 7) is 1.54. The topological polar surface area (TPSA) is 70.1 Å². The molecule has 0 spiro atoms. The first-order valence-electron chi connectivity index (χ1n) is 11.3. The molecule has 1 aliphatic rings. The summed E-state index contributed by atoms with van der Waals surface area (Å²) in [5, 5.41) is 11.7. The van der Waals surface area contributed by atoms with Gasteiger partial charge >= 0.3 is 6.18 Å². The molecular weight excluding hydrogens is 513 g/mol. The number of sulfonamides is 1. The summed E-state index contributed by atoms with van der Waals surface area (Å²) >= 11 is 1.16. The molecule has 4 rings (SSSR count). The van der Waals surface area contributed by atoms with Crippen molar-refractivity contribution in [2.75, 3.05) is 31.6 Å². The second-order valence-corrected chi connectivity index (χ2v) is 11.9. The average Bonchev–Trinajstić information content (AvgIpc) is 3.40. The van der Waals surface area contributed by atoms with Gasteiger partial charge in [-0.25, -0.2) is 8.42 Å². The van der Waals surface area contributed by atoms with Crippen LogP contribution < -0.4 is 9.64 Å². The SMILES string of the molecule is COc1ccc(C[C@H]2CN(S(=O)(=O)c3cccs3)CCN2c2ccc(C(C)(O)C(F)(F)F)cc2)cc1. The number of thiophene rings is 1. The average molecular weight is 541 g/mol. The van der Waals surface area contributed by atoms with Crippen LogP contribution in [0.3, 0.4) is 0 Å². The Morgan fingerprint density at radius 2 is 1.72 bits per heavy atom. The van der Waals surface area contributed by atoms with E-state index in [0.717, 1.165) is 23.8 Å². The van der Waals surface area contributed by atoms with Gasteiger partial charge in [-0.2, -0.15) is 17.5 Å². The number of alkyl halides is 3. The maximum Gasteiger partial charge on any atom is 0.421 e. The number of nitrogens with zero attached hydrogens (tertiary/aromatic N) is 2. The zero-order chi connectivity index (χ0) is 26.1. The molecule has 1 unspecified atom stereocenters. The fourth-order valence-corrected chi connectivity index (χ4v) is 6.89. The molecule has 1 saturated heterocycles. The monoisotopic (exact) mass is 540 g/mol. The Kier molecular flexibility index (Phi) is 7.38. The van der Waals surface area contributed by atoms with E-state index in [1.807, 2.05) is 29.2 Å². The summed E-state index contributed by atoms with van der Waals surface area (Å²) in [6.07, 6.45) is -4.30. The van der Waals surface area contributed by atoms with E-state index in [4.69, 9.17) is 4.74 Å². The van der Waals surface area contributed by atoms with Crippen LogP contribution in [-0.4, -0.2) is 56.8 Å². The molecule has 36 heavy (non-hydrogen) atoms. The minimum absolute atomic E-state index is 0.217. The van der Waals surface area contributed by atoms with E-state index in [9.17, 15) is 26.7 Å². The van der Waals surface area contributed by atoms with Gasteiger partial charge < -0.3 is 14.7 Å². The van der Waals surface area contributed by atoms with E-state index in [-0.39, 0.29) is 28.9 Å². The van der Waals surface area contributed by atoms with Gasteiger partial charge in [0, 0.05) is 31.4 Å². The minimum atomic E-state index is -4.81. The molecule has 194 valence electrons. The van der Waals surface area contributed by atoms with Gasteiger partial charge in [-0.05, 0) is 60.2 Å². The Balaban J connectivity index is 1.63. The molecule has 2 heterocycles. The zero-order valence-electron chi connectivity index (χ0n) is 19.8. The molecule has 3 aromatic rings. The lowest BCUT2D eigenvalue weighted by molar-refractivity contribution is -0.258. The highest BCUT2D eigenvalue weighted by Gasteiger charge is 2.51. The van der Waals surface area contributed by atoms with Crippen molar-refractivity contribution < 1.29 is 31.4 Å². The molecule has 1 aliphatic heterocycles. The lowest BCUT2D eigenvalue weighted by atomic mass is 9.94. The third kappa shape index (κ3) is 5.24. The van der Waals surface area contributed by atoms with Crippen LogP contribution in [0.1, 0.15) is 18.1 Å². The summed E-state index contributed by atoms with van der Waals surface area (Å²) < 4.78 is 73.2. The number of hydrogen-bond acceptors (Lipinski definition) is 6. The second kappa shape index (κ2) is 10.0. The molecule has 1 aromatic heterocycles. The highest BCUT2D eigenvalue weighted by molar-refractivity contribution is 7.91. The van der Waals surface area contributed by atoms with Gasteiger partial charge in [0.2, 0.25) is 0 Å². The number of piperazine rings is 1. The molecule has 1 N–H and O–H groups in total. The smallest absolute Gasteiger partial charge is 0.421 e. The van der Waals surface area contributed by atoms with Crippen LogP contribution >= 0.6 is 11.3 Å². The Labute approximate surface area is 212 Å². The highest BCUT2D eigenvalue weighted by atomic mass is 32.2. The van der Waals surface area contributed by atoms with E-state index < -0.39 is 21.8 Å². The van der Waals surface area contributed by atoms with Crippen molar-refractivity contribution >= 4 is 27.0 Å². The fourth-order valence-electron chi connectivity index (χ4n) is 4.27. The molecule has 0 aliphatic carbocycles. The van der Waals surface area contributed by atoms with E-state index in [2.05, 4.69) is 0 Å². The second-order valence-electron chi connectivity index (χ2n) is 8.81. The molecule has 0 amide bonds. The number of aliphatic hydroxyl groups is 1. The maximum atomic E-state index is 13.3. The van der Waals surface area contributed by atoms with Gasteiger partial charge in [-0.1, -0.05) is 30.3 Å². The van der Waals surface area contributed by atoms with Crippen molar-refractivity contribution in [1.82, 2.24) is 4.31 Å². The number of ether oxygens (including phenoxy) is 1. The van der Waals surface area contributed by atoms with Crippen molar-refractivity contribution in [3.05, 3.63) is 77.2 Å². The number of hydrogen-bond donors (Lipinski definition) is 1. The van der Waals surface area contributed by atoms with Crippen LogP contribution in [0, 0.1) is 0 Å². The molecule has 2 aromatic carbocycles. The summed E-state index contributed by atoms with van der Waals surface area (Å²) in [7, 11) is -2.08. The van der Waals surface area contributed by atoms with Gasteiger partial charge in [0.05, 0.1) is 7.11 Å². The minimum Gasteiger partial charge on any atom is -0.497 e. The van der Waals surface area contributed by atoms with Gasteiger partial charge in [0.1, 0.15) is 9.96 Å². The summed E-state index contributed by atoms with van der Waals surface area (Å²) in [4.78, 5) is 2.01. The van der Waals surface area contributed by atoms with Crippen LogP contribution in [0.15, 0.2) is 70.3 Å². The molecule has 0 radical (unpaired) electrons. The van der Waals surface area contributed by atoms with Gasteiger partial charge in [-0.15, -0.1) is 11.3 Å². The van der Waals surface area contributed by atoms with Crippen LogP contribution in [0.2, 0.25) is 0 Å².